The first kappa shape index (κ1) is 18.7. The van der Waals surface area contributed by atoms with Crippen molar-refractivity contribution in [1.82, 2.24) is 19.7 Å². The van der Waals surface area contributed by atoms with Gasteiger partial charge in [0.05, 0.1) is 11.1 Å². The Morgan fingerprint density at radius 3 is 2.67 bits per heavy atom. The van der Waals surface area contributed by atoms with Gasteiger partial charge in [-0.25, -0.2) is 4.98 Å². The molecule has 0 aromatic carbocycles. The monoisotopic (exact) mass is 404 g/mol. The van der Waals surface area contributed by atoms with Crippen LogP contribution in [0.5, 0.6) is 0 Å². The van der Waals surface area contributed by atoms with E-state index in [0.29, 0.717) is 17.5 Å². The topological polar surface area (TPSA) is 73.8 Å². The maximum absolute atomic E-state index is 13.3. The average molecular weight is 405 g/mol. The molecule has 1 saturated carbocycles. The van der Waals surface area contributed by atoms with Gasteiger partial charge >= 0.3 is 0 Å². The summed E-state index contributed by atoms with van der Waals surface area (Å²) in [5.74, 6) is 2.05. The fourth-order valence-electron chi connectivity index (χ4n) is 3.56. The minimum Gasteiger partial charge on any atom is -0.338 e. The Hall–Kier alpha value is -1.67. The van der Waals surface area contributed by atoms with E-state index in [9.17, 15) is 4.79 Å². The molecule has 144 valence electrons. The average Bonchev–Trinajstić information content (AvgIpc) is 3.35. The zero-order valence-electron chi connectivity index (χ0n) is 16.1. The highest BCUT2D eigenvalue weighted by Crippen LogP contribution is 2.35. The van der Waals surface area contributed by atoms with Crippen molar-refractivity contribution in [2.45, 2.75) is 76.2 Å². The molecule has 0 saturated heterocycles. The number of thioether (sulfide) groups is 1. The Bertz CT molecular complexity index is 1030. The first-order valence-corrected chi connectivity index (χ1v) is 11.2. The number of rotatable bonds is 5. The summed E-state index contributed by atoms with van der Waals surface area (Å²) in [6.07, 6.45) is 4.42. The first-order valence-electron chi connectivity index (χ1n) is 9.43. The Balaban J connectivity index is 1.73. The molecule has 0 aliphatic heterocycles. The molecule has 0 radical (unpaired) electrons. The third-order valence-corrected chi connectivity index (χ3v) is 7.26. The molecule has 6 nitrogen and oxygen atoms in total. The lowest BCUT2D eigenvalue weighted by atomic mass is 10.2. The molecule has 8 heteroatoms. The van der Waals surface area contributed by atoms with Crippen molar-refractivity contribution >= 4 is 33.3 Å². The Kier molecular flexibility index (Phi) is 5.11. The predicted octanol–water partition coefficient (Wildman–Crippen LogP) is 4.99. The second kappa shape index (κ2) is 7.39. The summed E-state index contributed by atoms with van der Waals surface area (Å²) in [4.78, 5) is 24.7. The molecule has 0 N–H and O–H groups in total. The Morgan fingerprint density at radius 2 is 2.00 bits per heavy atom. The second-order valence-electron chi connectivity index (χ2n) is 7.46. The van der Waals surface area contributed by atoms with Crippen LogP contribution in [0.15, 0.2) is 14.5 Å². The van der Waals surface area contributed by atoms with Gasteiger partial charge in [0.25, 0.3) is 5.56 Å². The molecule has 0 atom stereocenters. The highest BCUT2D eigenvalue weighted by molar-refractivity contribution is 7.98. The van der Waals surface area contributed by atoms with E-state index in [2.05, 4.69) is 17.1 Å². The van der Waals surface area contributed by atoms with Crippen molar-refractivity contribution in [2.24, 2.45) is 0 Å². The highest BCUT2D eigenvalue weighted by atomic mass is 32.2. The van der Waals surface area contributed by atoms with Gasteiger partial charge in [-0.05, 0) is 32.3 Å². The van der Waals surface area contributed by atoms with Gasteiger partial charge in [-0.1, -0.05) is 43.6 Å². The van der Waals surface area contributed by atoms with E-state index in [1.165, 1.54) is 24.6 Å². The van der Waals surface area contributed by atoms with Crippen LogP contribution >= 0.6 is 23.1 Å². The van der Waals surface area contributed by atoms with Crippen LogP contribution < -0.4 is 5.56 Å². The van der Waals surface area contributed by atoms with Crippen molar-refractivity contribution in [3.8, 4) is 0 Å². The fourth-order valence-corrected chi connectivity index (χ4v) is 5.54. The summed E-state index contributed by atoms with van der Waals surface area (Å²) < 4.78 is 7.29. The van der Waals surface area contributed by atoms with Crippen LogP contribution in [0, 0.1) is 13.8 Å². The maximum Gasteiger partial charge on any atom is 0.263 e. The quantitative estimate of drug-likeness (QED) is 0.441. The summed E-state index contributed by atoms with van der Waals surface area (Å²) in [5.41, 5.74) is 1.17. The number of aryl methyl sites for hydroxylation is 2. The number of hydrogen-bond acceptors (Lipinski definition) is 7. The van der Waals surface area contributed by atoms with Crippen LogP contribution in [0.3, 0.4) is 0 Å². The molecule has 1 fully saturated rings. The smallest absolute Gasteiger partial charge is 0.263 e. The first-order chi connectivity index (χ1) is 13.0. The molecule has 3 aromatic heterocycles. The van der Waals surface area contributed by atoms with E-state index < -0.39 is 0 Å². The standard InChI is InChI=1S/C19H24N4O2S2/c1-10(2)16-20-14(25-22-16)9-26-19-21-17-15(11(3)12(4)27-17)18(24)23(19)13-7-5-6-8-13/h10,13H,5-9H2,1-4H3. The van der Waals surface area contributed by atoms with Crippen LogP contribution in [0.4, 0.5) is 0 Å². The summed E-state index contributed by atoms with van der Waals surface area (Å²) in [6, 6.07) is 0.241. The molecular formula is C19H24N4O2S2. The maximum atomic E-state index is 13.3. The van der Waals surface area contributed by atoms with Crippen molar-refractivity contribution < 1.29 is 4.52 Å². The van der Waals surface area contributed by atoms with Gasteiger partial charge in [-0.3, -0.25) is 9.36 Å². The third-order valence-electron chi connectivity index (χ3n) is 5.22. The minimum absolute atomic E-state index is 0.102. The molecule has 3 heterocycles. The zero-order valence-corrected chi connectivity index (χ0v) is 17.7. The SMILES string of the molecule is Cc1sc2nc(SCc3nc(C(C)C)no3)n(C3CCCC3)c(=O)c2c1C. The minimum atomic E-state index is 0.102. The lowest BCUT2D eigenvalue weighted by Gasteiger charge is -2.17. The van der Waals surface area contributed by atoms with Crippen molar-refractivity contribution in [3.05, 3.63) is 32.5 Å². The van der Waals surface area contributed by atoms with Crippen LogP contribution in [0.2, 0.25) is 0 Å². The second-order valence-corrected chi connectivity index (χ2v) is 9.61. The lowest BCUT2D eigenvalue weighted by Crippen LogP contribution is -2.26. The molecule has 27 heavy (non-hydrogen) atoms. The molecule has 1 aliphatic carbocycles. The normalized spacial score (nSPS) is 15.4. The molecule has 0 spiro atoms. The van der Waals surface area contributed by atoms with Gasteiger partial charge < -0.3 is 4.52 Å². The van der Waals surface area contributed by atoms with E-state index >= 15 is 0 Å². The largest absolute Gasteiger partial charge is 0.338 e. The van der Waals surface area contributed by atoms with E-state index in [0.717, 1.165) is 38.7 Å². The molecule has 0 unspecified atom stereocenters. The van der Waals surface area contributed by atoms with Crippen molar-refractivity contribution in [1.29, 1.82) is 0 Å². The fraction of sp³-hybridized carbons (Fsp3) is 0.579. The molecule has 0 bridgehead atoms. The van der Waals surface area contributed by atoms with Gasteiger partial charge in [0.15, 0.2) is 11.0 Å². The number of thiophene rings is 1. The summed E-state index contributed by atoms with van der Waals surface area (Å²) >= 11 is 3.12. The van der Waals surface area contributed by atoms with Gasteiger partial charge in [-0.15, -0.1) is 11.3 Å². The molecule has 4 rings (SSSR count). The summed E-state index contributed by atoms with van der Waals surface area (Å²) in [6.45, 7) is 8.15. The lowest BCUT2D eigenvalue weighted by molar-refractivity contribution is 0.382. The Morgan fingerprint density at radius 1 is 1.26 bits per heavy atom. The summed E-state index contributed by atoms with van der Waals surface area (Å²) in [7, 11) is 0. The van der Waals surface area contributed by atoms with Gasteiger partial charge in [-0.2, -0.15) is 4.98 Å². The van der Waals surface area contributed by atoms with Crippen LogP contribution in [-0.2, 0) is 5.75 Å². The third kappa shape index (κ3) is 3.45. The zero-order chi connectivity index (χ0) is 19.1. The van der Waals surface area contributed by atoms with Crippen LogP contribution in [-0.4, -0.2) is 19.7 Å². The molecule has 3 aromatic rings. The van der Waals surface area contributed by atoms with Gasteiger partial charge in [0, 0.05) is 16.8 Å². The molecule has 0 amide bonds. The van der Waals surface area contributed by atoms with E-state index in [-0.39, 0.29) is 17.5 Å². The molecule has 1 aliphatic rings. The van der Waals surface area contributed by atoms with Gasteiger partial charge in [0.2, 0.25) is 5.89 Å². The highest BCUT2D eigenvalue weighted by Gasteiger charge is 2.25. The van der Waals surface area contributed by atoms with Crippen molar-refractivity contribution in [2.75, 3.05) is 0 Å². The number of fused-ring (bicyclic) bond motifs is 1. The van der Waals surface area contributed by atoms with E-state index in [4.69, 9.17) is 9.51 Å². The van der Waals surface area contributed by atoms with E-state index in [1.54, 1.807) is 11.3 Å². The predicted molar refractivity (Wildman–Crippen MR) is 109 cm³/mol. The van der Waals surface area contributed by atoms with Crippen LogP contribution in [0.25, 0.3) is 10.2 Å². The molecular weight excluding hydrogens is 380 g/mol. The Labute approximate surface area is 166 Å². The summed E-state index contributed by atoms with van der Waals surface area (Å²) in [5, 5.41) is 5.58. The van der Waals surface area contributed by atoms with Crippen LogP contribution in [0.1, 0.15) is 73.6 Å². The number of aromatic nitrogens is 4. The number of hydrogen-bond donors (Lipinski definition) is 0. The van der Waals surface area contributed by atoms with E-state index in [1.807, 2.05) is 25.3 Å². The van der Waals surface area contributed by atoms with Gasteiger partial charge in [0.1, 0.15) is 4.83 Å². The van der Waals surface area contributed by atoms with Crippen molar-refractivity contribution in [3.63, 3.8) is 0 Å². The number of nitrogens with zero attached hydrogens (tertiary/aromatic N) is 4.